The second-order valence-electron chi connectivity index (χ2n) is 5.48. The summed E-state index contributed by atoms with van der Waals surface area (Å²) in [7, 11) is 0. The highest BCUT2D eigenvalue weighted by molar-refractivity contribution is 5.96. The Morgan fingerprint density at radius 2 is 1.78 bits per heavy atom. The molecule has 2 N–H and O–H groups in total. The minimum Gasteiger partial charge on any atom is -0.461 e. The van der Waals surface area contributed by atoms with Crippen LogP contribution in [0.5, 0.6) is 0 Å². The van der Waals surface area contributed by atoms with Crippen LogP contribution in [0.4, 0.5) is 0 Å². The van der Waals surface area contributed by atoms with Crippen LogP contribution in [0, 0.1) is 0 Å². The predicted molar refractivity (Wildman–Crippen MR) is 91.5 cm³/mol. The summed E-state index contributed by atoms with van der Waals surface area (Å²) in [5, 5.41) is 2.17. The molecule has 4 nitrogen and oxygen atoms in total. The van der Waals surface area contributed by atoms with Crippen LogP contribution in [-0.2, 0) is 4.74 Å². The maximum atomic E-state index is 11.8. The lowest BCUT2D eigenvalue weighted by Crippen LogP contribution is -2.04. The SMILES string of the molecule is CCOC(=O)c1cc2cc(-c3cc4ccccc4[nH]3)ccc2[nH]1. The van der Waals surface area contributed by atoms with Crippen molar-refractivity contribution < 1.29 is 9.53 Å². The molecule has 0 aliphatic carbocycles. The molecular weight excluding hydrogens is 288 g/mol. The Kier molecular flexibility index (Phi) is 3.15. The van der Waals surface area contributed by atoms with Crippen molar-refractivity contribution in [1.82, 2.24) is 9.97 Å². The number of rotatable bonds is 3. The van der Waals surface area contributed by atoms with E-state index in [1.807, 2.05) is 30.3 Å². The van der Waals surface area contributed by atoms with Gasteiger partial charge in [0.2, 0.25) is 0 Å². The van der Waals surface area contributed by atoms with Gasteiger partial charge in [-0.1, -0.05) is 24.3 Å². The Morgan fingerprint density at radius 3 is 2.61 bits per heavy atom. The van der Waals surface area contributed by atoms with E-state index in [4.69, 9.17) is 4.74 Å². The number of H-pyrrole nitrogens is 2. The van der Waals surface area contributed by atoms with Gasteiger partial charge >= 0.3 is 5.97 Å². The van der Waals surface area contributed by atoms with Crippen molar-refractivity contribution >= 4 is 27.8 Å². The number of ether oxygens (including phenoxy) is 1. The van der Waals surface area contributed by atoms with E-state index in [0.717, 1.165) is 27.7 Å². The molecule has 2 heterocycles. The Morgan fingerprint density at radius 1 is 0.957 bits per heavy atom. The lowest BCUT2D eigenvalue weighted by molar-refractivity contribution is 0.0520. The van der Waals surface area contributed by atoms with Crippen LogP contribution in [0.1, 0.15) is 17.4 Å². The molecular formula is C19H16N2O2. The molecule has 0 spiro atoms. The lowest BCUT2D eigenvalue weighted by Gasteiger charge is -1.98. The number of esters is 1. The maximum absolute atomic E-state index is 11.8. The van der Waals surface area contributed by atoms with Gasteiger partial charge in [-0.05, 0) is 42.8 Å². The van der Waals surface area contributed by atoms with Gasteiger partial charge in [0.25, 0.3) is 0 Å². The molecule has 0 saturated heterocycles. The van der Waals surface area contributed by atoms with E-state index < -0.39 is 0 Å². The van der Waals surface area contributed by atoms with Crippen molar-refractivity contribution in [3.05, 3.63) is 60.3 Å². The van der Waals surface area contributed by atoms with E-state index in [2.05, 4.69) is 34.2 Å². The van der Waals surface area contributed by atoms with Gasteiger partial charge in [0.15, 0.2) is 0 Å². The number of hydrogen-bond donors (Lipinski definition) is 2. The molecule has 0 bridgehead atoms. The minimum absolute atomic E-state index is 0.323. The van der Waals surface area contributed by atoms with Crippen LogP contribution < -0.4 is 0 Å². The third kappa shape index (κ3) is 2.38. The number of benzene rings is 2. The molecule has 4 aromatic rings. The average Bonchev–Trinajstić information content (AvgIpc) is 3.18. The van der Waals surface area contributed by atoms with Gasteiger partial charge in [0.05, 0.1) is 6.61 Å². The van der Waals surface area contributed by atoms with Gasteiger partial charge < -0.3 is 14.7 Å². The van der Waals surface area contributed by atoms with E-state index in [-0.39, 0.29) is 5.97 Å². The predicted octanol–water partition coefficient (Wildman–Crippen LogP) is 4.49. The summed E-state index contributed by atoms with van der Waals surface area (Å²) in [6.07, 6.45) is 0. The smallest absolute Gasteiger partial charge is 0.354 e. The summed E-state index contributed by atoms with van der Waals surface area (Å²) in [6, 6.07) is 18.3. The van der Waals surface area contributed by atoms with E-state index in [0.29, 0.717) is 12.3 Å². The molecule has 2 aromatic carbocycles. The Bertz CT molecular complexity index is 977. The number of carbonyl (C=O) groups is 1. The molecule has 0 aliphatic rings. The quantitative estimate of drug-likeness (QED) is 0.548. The van der Waals surface area contributed by atoms with Gasteiger partial charge in [-0.3, -0.25) is 0 Å². The van der Waals surface area contributed by atoms with Gasteiger partial charge in [-0.2, -0.15) is 0 Å². The Hall–Kier alpha value is -3.01. The van der Waals surface area contributed by atoms with Crippen molar-refractivity contribution in [2.75, 3.05) is 6.61 Å². The van der Waals surface area contributed by atoms with E-state index in [1.54, 1.807) is 6.92 Å². The topological polar surface area (TPSA) is 57.9 Å². The molecule has 0 atom stereocenters. The van der Waals surface area contributed by atoms with Crippen molar-refractivity contribution in [2.45, 2.75) is 6.92 Å². The number of fused-ring (bicyclic) bond motifs is 2. The first-order valence-electron chi connectivity index (χ1n) is 7.62. The van der Waals surface area contributed by atoms with Crippen LogP contribution in [0.25, 0.3) is 33.1 Å². The monoisotopic (exact) mass is 304 g/mol. The first-order valence-corrected chi connectivity index (χ1v) is 7.62. The standard InChI is InChI=1S/C19H16N2O2/c1-2-23-19(22)18-11-14-9-13(7-8-16(14)21-18)17-10-12-5-3-4-6-15(12)20-17/h3-11,20-21H,2H2,1H3. The zero-order chi connectivity index (χ0) is 15.8. The summed E-state index contributed by atoms with van der Waals surface area (Å²) in [5.41, 5.74) is 4.67. The lowest BCUT2D eigenvalue weighted by atomic mass is 10.1. The fourth-order valence-corrected chi connectivity index (χ4v) is 2.85. The molecule has 0 unspecified atom stereocenters. The molecule has 0 saturated carbocycles. The van der Waals surface area contributed by atoms with E-state index in [1.165, 1.54) is 5.39 Å². The molecule has 0 amide bonds. The van der Waals surface area contributed by atoms with Crippen molar-refractivity contribution in [1.29, 1.82) is 0 Å². The van der Waals surface area contributed by atoms with Crippen LogP contribution in [-0.4, -0.2) is 22.5 Å². The molecule has 4 heteroatoms. The number of para-hydroxylation sites is 1. The Balaban J connectivity index is 1.77. The number of hydrogen-bond acceptors (Lipinski definition) is 2. The molecule has 4 rings (SSSR count). The highest BCUT2D eigenvalue weighted by Gasteiger charge is 2.11. The second-order valence-corrected chi connectivity index (χ2v) is 5.48. The molecule has 0 aliphatic heterocycles. The molecule has 23 heavy (non-hydrogen) atoms. The number of nitrogens with one attached hydrogen (secondary N) is 2. The summed E-state index contributed by atoms with van der Waals surface area (Å²) in [4.78, 5) is 18.4. The second kappa shape index (κ2) is 5.32. The van der Waals surface area contributed by atoms with Crippen LogP contribution in [0.3, 0.4) is 0 Å². The minimum atomic E-state index is -0.323. The van der Waals surface area contributed by atoms with E-state index >= 15 is 0 Å². The van der Waals surface area contributed by atoms with Gasteiger partial charge in [0.1, 0.15) is 5.69 Å². The van der Waals surface area contributed by atoms with E-state index in [9.17, 15) is 4.79 Å². The zero-order valence-electron chi connectivity index (χ0n) is 12.7. The molecule has 0 radical (unpaired) electrons. The summed E-state index contributed by atoms with van der Waals surface area (Å²) < 4.78 is 5.04. The third-order valence-electron chi connectivity index (χ3n) is 3.96. The fraction of sp³-hybridized carbons (Fsp3) is 0.105. The normalized spacial score (nSPS) is 11.2. The van der Waals surface area contributed by atoms with Crippen LogP contribution >= 0.6 is 0 Å². The zero-order valence-corrected chi connectivity index (χ0v) is 12.7. The molecule has 114 valence electrons. The van der Waals surface area contributed by atoms with Crippen molar-refractivity contribution in [2.24, 2.45) is 0 Å². The van der Waals surface area contributed by atoms with Gasteiger partial charge in [-0.15, -0.1) is 0 Å². The number of aromatic nitrogens is 2. The first-order chi connectivity index (χ1) is 11.2. The maximum Gasteiger partial charge on any atom is 0.354 e. The van der Waals surface area contributed by atoms with Crippen LogP contribution in [0.15, 0.2) is 54.6 Å². The van der Waals surface area contributed by atoms with Crippen molar-refractivity contribution in [3.8, 4) is 11.3 Å². The molecule has 2 aromatic heterocycles. The number of aromatic amines is 2. The van der Waals surface area contributed by atoms with Gasteiger partial charge in [-0.25, -0.2) is 4.79 Å². The summed E-state index contributed by atoms with van der Waals surface area (Å²) in [6.45, 7) is 2.17. The molecule has 0 fully saturated rings. The number of carbonyl (C=O) groups excluding carboxylic acids is 1. The third-order valence-corrected chi connectivity index (χ3v) is 3.96. The summed E-state index contributed by atoms with van der Waals surface area (Å²) >= 11 is 0. The fourth-order valence-electron chi connectivity index (χ4n) is 2.85. The van der Waals surface area contributed by atoms with Crippen LogP contribution in [0.2, 0.25) is 0 Å². The van der Waals surface area contributed by atoms with Gasteiger partial charge in [0, 0.05) is 27.5 Å². The highest BCUT2D eigenvalue weighted by Crippen LogP contribution is 2.27. The summed E-state index contributed by atoms with van der Waals surface area (Å²) in [5.74, 6) is -0.323. The highest BCUT2D eigenvalue weighted by atomic mass is 16.5. The Labute approximate surface area is 133 Å². The average molecular weight is 304 g/mol. The van der Waals surface area contributed by atoms with Crippen molar-refractivity contribution in [3.63, 3.8) is 0 Å². The first kappa shape index (κ1) is 13.6. The largest absolute Gasteiger partial charge is 0.461 e.